The van der Waals surface area contributed by atoms with Gasteiger partial charge in [0, 0.05) is 55.8 Å². The molecule has 43 heavy (non-hydrogen) atoms. The molecule has 234 valence electrons. The minimum Gasteiger partial charge on any atom is -0.497 e. The molecule has 0 saturated carbocycles. The van der Waals surface area contributed by atoms with Gasteiger partial charge in [-0.1, -0.05) is 0 Å². The van der Waals surface area contributed by atoms with Crippen LogP contribution in [-0.2, 0) is 19.0 Å². The lowest BCUT2D eigenvalue weighted by Gasteiger charge is -2.33. The smallest absolute Gasteiger partial charge is 0.410 e. The van der Waals surface area contributed by atoms with E-state index < -0.39 is 15.7 Å². The SMILES string of the molecule is COc1cc(OC)cc(N(CCOS(C)(=O)=O)c2ccc3ncc(NCC4CCN(C(=O)OC(C)(C)C)CC4)nc3c2)c1. The number of hydrogen-bond donors (Lipinski definition) is 1. The number of ether oxygens (including phenoxy) is 3. The van der Waals surface area contributed by atoms with Crippen molar-refractivity contribution in [1.29, 1.82) is 0 Å². The highest BCUT2D eigenvalue weighted by molar-refractivity contribution is 7.85. The number of aromatic nitrogens is 2. The minimum absolute atomic E-state index is 0.0591. The Labute approximate surface area is 253 Å². The van der Waals surface area contributed by atoms with Crippen LogP contribution in [0.25, 0.3) is 11.0 Å². The van der Waals surface area contributed by atoms with Gasteiger partial charge >= 0.3 is 6.09 Å². The third kappa shape index (κ3) is 9.32. The van der Waals surface area contributed by atoms with E-state index in [0.29, 0.717) is 48.4 Å². The molecular formula is C30H41N5O7S. The van der Waals surface area contributed by atoms with Gasteiger partial charge in [0.25, 0.3) is 10.1 Å². The molecule has 12 nitrogen and oxygen atoms in total. The number of anilines is 3. The third-order valence-corrected chi connectivity index (χ3v) is 7.53. The Morgan fingerprint density at radius 3 is 2.30 bits per heavy atom. The molecule has 0 bridgehead atoms. The fourth-order valence-electron chi connectivity index (χ4n) is 4.78. The first kappa shape index (κ1) is 32.1. The van der Waals surface area contributed by atoms with Crippen molar-refractivity contribution in [2.45, 2.75) is 39.2 Å². The first-order chi connectivity index (χ1) is 20.3. The number of likely N-dealkylation sites (tertiary alicyclic amines) is 1. The van der Waals surface area contributed by atoms with Crippen LogP contribution >= 0.6 is 0 Å². The average Bonchev–Trinajstić information content (AvgIpc) is 2.96. The zero-order chi connectivity index (χ0) is 31.2. The molecule has 1 aromatic heterocycles. The topological polar surface area (TPSA) is 132 Å². The molecule has 0 radical (unpaired) electrons. The number of hydrogen-bond acceptors (Lipinski definition) is 11. The number of rotatable bonds is 11. The summed E-state index contributed by atoms with van der Waals surface area (Å²) in [7, 11) is -0.474. The number of carbonyl (C=O) groups excluding carboxylic acids is 1. The highest BCUT2D eigenvalue weighted by Gasteiger charge is 2.27. The molecule has 1 aliphatic rings. The minimum atomic E-state index is -3.61. The van der Waals surface area contributed by atoms with E-state index in [-0.39, 0.29) is 19.2 Å². The van der Waals surface area contributed by atoms with E-state index in [9.17, 15) is 13.2 Å². The lowest BCUT2D eigenvalue weighted by Crippen LogP contribution is -2.42. The lowest BCUT2D eigenvalue weighted by molar-refractivity contribution is 0.0188. The summed E-state index contributed by atoms with van der Waals surface area (Å²) >= 11 is 0. The van der Waals surface area contributed by atoms with Crippen molar-refractivity contribution in [1.82, 2.24) is 14.9 Å². The Balaban J connectivity index is 1.49. The Morgan fingerprint density at radius 1 is 1.02 bits per heavy atom. The molecule has 1 amide bonds. The lowest BCUT2D eigenvalue weighted by atomic mass is 9.97. The van der Waals surface area contributed by atoms with Crippen molar-refractivity contribution < 1.29 is 31.6 Å². The number of nitrogens with one attached hydrogen (secondary N) is 1. The predicted octanol–water partition coefficient (Wildman–Crippen LogP) is 4.82. The van der Waals surface area contributed by atoms with Gasteiger partial charge in [-0.25, -0.2) is 9.78 Å². The number of carbonyl (C=O) groups is 1. The maximum atomic E-state index is 12.4. The molecule has 2 aromatic carbocycles. The fraction of sp³-hybridized carbons (Fsp3) is 0.500. The van der Waals surface area contributed by atoms with Crippen LogP contribution in [0.2, 0.25) is 0 Å². The molecule has 4 rings (SSSR count). The van der Waals surface area contributed by atoms with Gasteiger partial charge in [0.15, 0.2) is 0 Å². The third-order valence-electron chi connectivity index (χ3n) is 6.94. The second kappa shape index (κ2) is 13.6. The van der Waals surface area contributed by atoms with E-state index in [0.717, 1.165) is 36.0 Å². The van der Waals surface area contributed by atoms with Crippen LogP contribution in [0.15, 0.2) is 42.6 Å². The number of benzene rings is 2. The maximum Gasteiger partial charge on any atom is 0.410 e. The van der Waals surface area contributed by atoms with E-state index in [2.05, 4.69) is 10.3 Å². The maximum absolute atomic E-state index is 12.4. The normalized spacial score (nSPS) is 14.4. The molecule has 2 heterocycles. The molecular weight excluding hydrogens is 574 g/mol. The molecule has 1 N–H and O–H groups in total. The number of piperidine rings is 1. The van der Waals surface area contributed by atoms with Crippen LogP contribution in [0, 0.1) is 5.92 Å². The number of nitrogens with zero attached hydrogens (tertiary/aromatic N) is 4. The van der Waals surface area contributed by atoms with Crippen molar-refractivity contribution in [3.63, 3.8) is 0 Å². The molecule has 1 fully saturated rings. The monoisotopic (exact) mass is 615 g/mol. The van der Waals surface area contributed by atoms with Crippen LogP contribution in [0.3, 0.4) is 0 Å². The highest BCUT2D eigenvalue weighted by Crippen LogP contribution is 2.34. The van der Waals surface area contributed by atoms with Gasteiger partial charge < -0.3 is 29.3 Å². The molecule has 0 aliphatic carbocycles. The second-order valence-corrected chi connectivity index (χ2v) is 13.1. The first-order valence-corrected chi connectivity index (χ1v) is 16.0. The Hall–Kier alpha value is -3.84. The van der Waals surface area contributed by atoms with Crippen LogP contribution < -0.4 is 19.7 Å². The Kier molecular flexibility index (Phi) is 10.2. The average molecular weight is 616 g/mol. The standard InChI is InChI=1S/C30H41N5O7S/c1-30(2,3)42-29(36)34-11-9-21(10-12-34)19-32-28-20-31-26-8-7-22(17-27(26)33-28)35(13-14-41-43(6,37)38)23-15-24(39-4)18-25(16-23)40-5/h7-8,15-18,20-21H,9-14,19H2,1-6H3,(H,32,33). The fourth-order valence-corrected chi connectivity index (χ4v) is 5.16. The zero-order valence-electron chi connectivity index (χ0n) is 25.6. The number of fused-ring (bicyclic) bond motifs is 1. The predicted molar refractivity (Wildman–Crippen MR) is 166 cm³/mol. The summed E-state index contributed by atoms with van der Waals surface area (Å²) < 4.78 is 44.7. The summed E-state index contributed by atoms with van der Waals surface area (Å²) in [5.41, 5.74) is 2.38. The van der Waals surface area contributed by atoms with Crippen LogP contribution in [0.1, 0.15) is 33.6 Å². The summed E-state index contributed by atoms with van der Waals surface area (Å²) in [6.07, 6.45) is 4.20. The second-order valence-electron chi connectivity index (χ2n) is 11.5. The van der Waals surface area contributed by atoms with Crippen molar-refractivity contribution in [3.8, 4) is 11.5 Å². The quantitative estimate of drug-likeness (QED) is 0.298. The molecule has 0 spiro atoms. The molecule has 0 unspecified atom stereocenters. The number of amides is 1. The van der Waals surface area contributed by atoms with Gasteiger partial charge in [0.05, 0.1) is 44.3 Å². The highest BCUT2D eigenvalue weighted by atomic mass is 32.2. The van der Waals surface area contributed by atoms with Gasteiger partial charge in [-0.15, -0.1) is 0 Å². The summed E-state index contributed by atoms with van der Waals surface area (Å²) in [5, 5.41) is 3.41. The van der Waals surface area contributed by atoms with Gasteiger partial charge in [0.2, 0.25) is 0 Å². The van der Waals surface area contributed by atoms with Crippen LogP contribution in [0.4, 0.5) is 22.0 Å². The zero-order valence-corrected chi connectivity index (χ0v) is 26.4. The summed E-state index contributed by atoms with van der Waals surface area (Å²) in [4.78, 5) is 25.4. The molecule has 1 saturated heterocycles. The first-order valence-electron chi connectivity index (χ1n) is 14.2. The van der Waals surface area contributed by atoms with Crippen LogP contribution in [-0.4, -0.2) is 88.2 Å². The van der Waals surface area contributed by atoms with Gasteiger partial charge in [0.1, 0.15) is 22.9 Å². The molecule has 0 atom stereocenters. The summed E-state index contributed by atoms with van der Waals surface area (Å²) in [6, 6.07) is 11.1. The van der Waals surface area contributed by atoms with Gasteiger partial charge in [-0.2, -0.15) is 8.42 Å². The van der Waals surface area contributed by atoms with Crippen molar-refractivity contribution in [3.05, 3.63) is 42.6 Å². The van der Waals surface area contributed by atoms with Gasteiger partial charge in [-0.3, -0.25) is 9.17 Å². The van der Waals surface area contributed by atoms with Crippen molar-refractivity contribution >= 4 is 44.4 Å². The van der Waals surface area contributed by atoms with E-state index in [1.165, 1.54) is 0 Å². The molecule has 13 heteroatoms. The van der Waals surface area contributed by atoms with E-state index >= 15 is 0 Å². The molecule has 3 aromatic rings. The van der Waals surface area contributed by atoms with Crippen molar-refractivity contribution in [2.24, 2.45) is 5.92 Å². The number of methoxy groups -OCH3 is 2. The Morgan fingerprint density at radius 2 is 1.70 bits per heavy atom. The van der Waals surface area contributed by atoms with Crippen LogP contribution in [0.5, 0.6) is 11.5 Å². The summed E-state index contributed by atoms with van der Waals surface area (Å²) in [5.74, 6) is 2.21. The molecule has 1 aliphatic heterocycles. The van der Waals surface area contributed by atoms with Gasteiger partial charge in [-0.05, 0) is 57.7 Å². The van der Waals surface area contributed by atoms with E-state index in [4.69, 9.17) is 23.4 Å². The van der Waals surface area contributed by atoms with E-state index in [1.807, 2.05) is 56.0 Å². The summed E-state index contributed by atoms with van der Waals surface area (Å²) in [6.45, 7) is 7.81. The van der Waals surface area contributed by atoms with E-state index in [1.54, 1.807) is 31.4 Å². The Bertz CT molecular complexity index is 1500. The van der Waals surface area contributed by atoms with Crippen molar-refractivity contribution in [2.75, 3.05) is 63.5 Å². The largest absolute Gasteiger partial charge is 0.497 e.